The van der Waals surface area contributed by atoms with E-state index in [1.54, 1.807) is 80.7 Å². The zero-order chi connectivity index (χ0) is 29.4. The van der Waals surface area contributed by atoms with Crippen molar-refractivity contribution in [3.05, 3.63) is 88.7 Å². The number of rotatable bonds is 12. The van der Waals surface area contributed by atoms with Crippen LogP contribution >= 0.6 is 0 Å². The lowest BCUT2D eigenvalue weighted by atomic mass is 10.1. The number of carbonyl (C=O) groups is 2. The highest BCUT2D eigenvalue weighted by molar-refractivity contribution is 6.07. The number of anilines is 2. The van der Waals surface area contributed by atoms with Gasteiger partial charge in [-0.15, -0.1) is 4.91 Å². The first-order valence-corrected chi connectivity index (χ1v) is 13.1. The van der Waals surface area contributed by atoms with Crippen molar-refractivity contribution < 1.29 is 19.1 Å². The number of nitrogens with one attached hydrogen (secondary N) is 1. The van der Waals surface area contributed by atoms with Crippen molar-refractivity contribution >= 4 is 40.3 Å². The molecule has 0 aliphatic heterocycles. The Hall–Kier alpha value is -5.13. The van der Waals surface area contributed by atoms with Gasteiger partial charge in [0, 0.05) is 30.9 Å². The summed E-state index contributed by atoms with van der Waals surface area (Å²) in [7, 11) is 1.82. The fraction of sp³-hybridized carbons (Fsp3) is 0.276. The number of imidazole rings is 1. The first-order valence-electron chi connectivity index (χ1n) is 13.1. The quantitative estimate of drug-likeness (QED) is 0.0874. The van der Waals surface area contributed by atoms with Gasteiger partial charge in [0.15, 0.2) is 0 Å². The third-order valence-electron chi connectivity index (χ3n) is 6.34. The maximum Gasteiger partial charge on any atom is 0.307 e. The molecule has 0 radical (unpaired) electrons. The summed E-state index contributed by atoms with van der Waals surface area (Å²) in [5.74, 6) is 0.281. The minimum absolute atomic E-state index is 0.0222. The summed E-state index contributed by atoms with van der Waals surface area (Å²) in [6.45, 7) is 4.36. The maximum absolute atomic E-state index is 13.6. The van der Waals surface area contributed by atoms with E-state index >= 15 is 0 Å². The number of pyridine rings is 1. The number of aryl methyl sites for hydroxylation is 1. The second-order valence-corrected chi connectivity index (χ2v) is 8.94. The Morgan fingerprint density at radius 1 is 1.00 bits per heavy atom. The predicted octanol–water partition coefficient (Wildman–Crippen LogP) is 4.62. The van der Waals surface area contributed by atoms with Gasteiger partial charge in [0.05, 0.1) is 41.6 Å². The van der Waals surface area contributed by atoms with Crippen LogP contribution in [0.2, 0.25) is 0 Å². The molecule has 2 aromatic carbocycles. The van der Waals surface area contributed by atoms with Crippen molar-refractivity contribution in [1.82, 2.24) is 14.5 Å². The fourth-order valence-corrected chi connectivity index (χ4v) is 4.26. The first kappa shape index (κ1) is 28.9. The third-order valence-corrected chi connectivity index (χ3v) is 6.34. The van der Waals surface area contributed by atoms with E-state index in [2.05, 4.69) is 15.3 Å². The lowest BCUT2D eigenvalue weighted by Crippen LogP contribution is -2.34. The Morgan fingerprint density at radius 3 is 2.39 bits per heavy atom. The molecular weight excluding hydrogens is 526 g/mol. The van der Waals surface area contributed by atoms with E-state index in [1.165, 1.54) is 9.91 Å². The molecule has 1 amide bonds. The molecule has 0 atom stereocenters. The highest BCUT2D eigenvalue weighted by Gasteiger charge is 2.22. The number of ether oxygens (including phenoxy) is 2. The predicted molar refractivity (Wildman–Crippen MR) is 155 cm³/mol. The average Bonchev–Trinajstić information content (AvgIpc) is 3.30. The number of hydrogen-bond acceptors (Lipinski definition) is 9. The van der Waals surface area contributed by atoms with Crippen molar-refractivity contribution in [2.45, 2.75) is 26.8 Å². The van der Waals surface area contributed by atoms with Crippen LogP contribution in [-0.2, 0) is 27.9 Å². The molecule has 0 unspecified atom stereocenters. The number of nitroso groups, excluding NO2 is 1. The molecule has 0 bridgehead atoms. The Morgan fingerprint density at radius 2 is 1.73 bits per heavy atom. The number of carbonyl (C=O) groups excluding carboxylic acids is 2. The van der Waals surface area contributed by atoms with Crippen molar-refractivity contribution in [2.24, 2.45) is 12.3 Å². The number of esters is 1. The summed E-state index contributed by atoms with van der Waals surface area (Å²) >= 11 is 0. The minimum Gasteiger partial charge on any atom is -0.478 e. The molecule has 0 aliphatic rings. The zero-order valence-electron chi connectivity index (χ0n) is 23.1. The van der Waals surface area contributed by atoms with Gasteiger partial charge in [-0.25, -0.2) is 15.0 Å². The molecule has 4 rings (SSSR count). The zero-order valence-corrected chi connectivity index (χ0v) is 23.1. The van der Waals surface area contributed by atoms with Crippen LogP contribution < -0.4 is 9.91 Å². The molecule has 212 valence electrons. The maximum atomic E-state index is 13.6. The second kappa shape index (κ2) is 13.3. The number of aromatic nitrogens is 3. The van der Waals surface area contributed by atoms with Crippen LogP contribution in [0.15, 0.2) is 72.1 Å². The standard InChI is InChI=1S/C29H31N7O5/c1-4-40-27(37)15-17-35(25-8-6-7-16-31-25)29(38)21-11-14-24-23(18-21)32-26(34(24)3)19-36(33-39)22-12-9-20(10-13-22)28(30)41-5-2/h6-14,16,18,30H,4-5,15,17,19H2,1-3H3. The van der Waals surface area contributed by atoms with Gasteiger partial charge in [0.25, 0.3) is 5.91 Å². The molecular formula is C29H31N7O5. The van der Waals surface area contributed by atoms with E-state index in [-0.39, 0.29) is 37.9 Å². The van der Waals surface area contributed by atoms with Crippen LogP contribution in [0, 0.1) is 10.3 Å². The van der Waals surface area contributed by atoms with E-state index in [9.17, 15) is 14.5 Å². The topological polar surface area (TPSA) is 143 Å². The number of fused-ring (bicyclic) bond motifs is 1. The Kier molecular flexibility index (Phi) is 9.35. The van der Waals surface area contributed by atoms with Gasteiger partial charge < -0.3 is 14.0 Å². The largest absolute Gasteiger partial charge is 0.478 e. The first-order chi connectivity index (χ1) is 19.9. The average molecular weight is 558 g/mol. The molecule has 0 fully saturated rings. The van der Waals surface area contributed by atoms with Gasteiger partial charge in [-0.2, -0.15) is 0 Å². The Balaban J connectivity index is 1.57. The van der Waals surface area contributed by atoms with Gasteiger partial charge in [-0.1, -0.05) is 6.07 Å². The Labute approximate surface area is 237 Å². The van der Waals surface area contributed by atoms with E-state index in [4.69, 9.17) is 14.9 Å². The van der Waals surface area contributed by atoms with E-state index < -0.39 is 5.97 Å². The lowest BCUT2D eigenvalue weighted by Gasteiger charge is -2.21. The highest BCUT2D eigenvalue weighted by Crippen LogP contribution is 2.23. The smallest absolute Gasteiger partial charge is 0.307 e. The third kappa shape index (κ3) is 6.72. The molecule has 0 saturated carbocycles. The highest BCUT2D eigenvalue weighted by atomic mass is 16.5. The van der Waals surface area contributed by atoms with Crippen LogP contribution in [0.3, 0.4) is 0 Å². The van der Waals surface area contributed by atoms with Crippen LogP contribution in [0.4, 0.5) is 11.5 Å². The summed E-state index contributed by atoms with van der Waals surface area (Å²) in [6, 6.07) is 17.1. The molecule has 0 spiro atoms. The Bertz CT molecular complexity index is 1540. The lowest BCUT2D eigenvalue weighted by molar-refractivity contribution is -0.142. The van der Waals surface area contributed by atoms with Crippen LogP contribution in [0.5, 0.6) is 0 Å². The van der Waals surface area contributed by atoms with Gasteiger partial charge >= 0.3 is 5.97 Å². The fourth-order valence-electron chi connectivity index (χ4n) is 4.26. The molecule has 4 aromatic rings. The van der Waals surface area contributed by atoms with Gasteiger partial charge in [0.2, 0.25) is 5.90 Å². The number of nitrogens with zero attached hydrogens (tertiary/aromatic N) is 6. The molecule has 2 aromatic heterocycles. The van der Waals surface area contributed by atoms with Crippen molar-refractivity contribution in [2.75, 3.05) is 29.7 Å². The second-order valence-electron chi connectivity index (χ2n) is 8.94. The number of amides is 1. The summed E-state index contributed by atoms with van der Waals surface area (Å²) in [6.07, 6.45) is 1.60. The summed E-state index contributed by atoms with van der Waals surface area (Å²) < 4.78 is 12.1. The number of hydrogen-bond donors (Lipinski definition) is 1. The SMILES string of the molecule is CCOC(=N)c1ccc(N(Cc2nc3cc(C(=O)N(CCC(=O)OCC)c4ccccn4)ccc3n2C)N=O)cc1. The van der Waals surface area contributed by atoms with E-state index in [0.29, 0.717) is 40.6 Å². The minimum atomic E-state index is -0.401. The summed E-state index contributed by atoms with van der Waals surface area (Å²) in [4.78, 5) is 47.7. The van der Waals surface area contributed by atoms with Crippen molar-refractivity contribution in [3.8, 4) is 0 Å². The van der Waals surface area contributed by atoms with E-state index in [0.717, 1.165) is 5.52 Å². The molecule has 1 N–H and O–H groups in total. The van der Waals surface area contributed by atoms with Crippen molar-refractivity contribution in [1.29, 1.82) is 5.41 Å². The van der Waals surface area contributed by atoms with E-state index in [1.807, 2.05) is 11.6 Å². The molecule has 2 heterocycles. The van der Waals surface area contributed by atoms with Gasteiger partial charge in [-0.05, 0) is 68.4 Å². The summed E-state index contributed by atoms with van der Waals surface area (Å²) in [5.41, 5.74) is 2.81. The molecule has 12 heteroatoms. The molecule has 41 heavy (non-hydrogen) atoms. The van der Waals surface area contributed by atoms with Gasteiger partial charge in [0.1, 0.15) is 18.2 Å². The van der Waals surface area contributed by atoms with Crippen molar-refractivity contribution in [3.63, 3.8) is 0 Å². The molecule has 0 aliphatic carbocycles. The van der Waals surface area contributed by atoms with Crippen LogP contribution in [-0.4, -0.2) is 52.1 Å². The normalized spacial score (nSPS) is 10.7. The molecule has 12 nitrogen and oxygen atoms in total. The van der Waals surface area contributed by atoms with Crippen LogP contribution in [0.1, 0.15) is 42.0 Å². The number of benzene rings is 2. The van der Waals surface area contributed by atoms with Gasteiger partial charge in [-0.3, -0.25) is 19.9 Å². The summed E-state index contributed by atoms with van der Waals surface area (Å²) in [5, 5.41) is 12.3. The monoisotopic (exact) mass is 557 g/mol. The molecule has 0 saturated heterocycles. The van der Waals surface area contributed by atoms with Crippen LogP contribution in [0.25, 0.3) is 11.0 Å².